The maximum atomic E-state index is 12.2. The predicted molar refractivity (Wildman–Crippen MR) is 196 cm³/mol. The average Bonchev–Trinajstić information content (AvgIpc) is 3.48. The minimum Gasteiger partial charge on any atom is -0.394 e. The first kappa shape index (κ1) is 42.8. The van der Waals surface area contributed by atoms with Gasteiger partial charge in [0.25, 0.3) is 0 Å². The summed E-state index contributed by atoms with van der Waals surface area (Å²) in [6.45, 7) is 16.0. The molecule has 20 atom stereocenters. The van der Waals surface area contributed by atoms with E-state index >= 15 is 0 Å². The molecule has 2 heterocycles. The zero-order chi connectivity index (χ0) is 39.9. The Morgan fingerprint density at radius 3 is 2.17 bits per heavy atom. The lowest BCUT2D eigenvalue weighted by Gasteiger charge is -2.72. The van der Waals surface area contributed by atoms with Gasteiger partial charge in [0, 0.05) is 0 Å². The quantitative estimate of drug-likeness (QED) is 0.121. The first-order chi connectivity index (χ1) is 25.0. The Morgan fingerprint density at radius 1 is 0.833 bits per heavy atom. The Hall–Kier alpha value is -0.780. The highest BCUT2D eigenvalue weighted by atomic mass is 16.8. The van der Waals surface area contributed by atoms with Gasteiger partial charge in [-0.3, -0.25) is 0 Å². The highest BCUT2D eigenvalue weighted by Gasteiger charge is 2.73. The van der Waals surface area contributed by atoms with Gasteiger partial charge in [-0.15, -0.1) is 0 Å². The number of hydrogen-bond acceptors (Lipinski definition) is 13. The van der Waals surface area contributed by atoms with Crippen LogP contribution in [0.4, 0.5) is 0 Å². The molecule has 13 nitrogen and oxygen atoms in total. The number of hydrogen-bond donors (Lipinski definition) is 9. The number of rotatable bonds is 9. The van der Waals surface area contributed by atoms with Crippen molar-refractivity contribution >= 4 is 0 Å². The molecule has 312 valence electrons. The summed E-state index contributed by atoms with van der Waals surface area (Å²) in [4.78, 5) is 0. The van der Waals surface area contributed by atoms with Crippen LogP contribution < -0.4 is 0 Å². The summed E-state index contributed by atoms with van der Waals surface area (Å²) in [6, 6.07) is 0. The lowest BCUT2D eigenvalue weighted by Crippen LogP contribution is -2.71. The normalized spacial score (nSPS) is 52.8. The lowest BCUT2D eigenvalue weighted by atomic mass is 9.34. The van der Waals surface area contributed by atoms with Crippen LogP contribution in [0.15, 0.2) is 11.6 Å². The second-order valence-corrected chi connectivity index (χ2v) is 19.8. The molecule has 0 bridgehead atoms. The van der Waals surface area contributed by atoms with E-state index in [0.717, 1.165) is 19.3 Å². The summed E-state index contributed by atoms with van der Waals surface area (Å²) in [5.41, 5.74) is -1.69. The second kappa shape index (κ2) is 15.1. The maximum Gasteiger partial charge on any atom is 0.187 e. The van der Waals surface area contributed by atoms with Crippen LogP contribution in [0.3, 0.4) is 0 Å². The molecule has 1 unspecified atom stereocenters. The van der Waals surface area contributed by atoms with Crippen LogP contribution in [0.1, 0.15) is 107 Å². The van der Waals surface area contributed by atoms with Crippen LogP contribution in [-0.2, 0) is 18.9 Å². The molecule has 2 saturated heterocycles. The van der Waals surface area contributed by atoms with Gasteiger partial charge in [-0.2, -0.15) is 0 Å². The molecule has 0 aromatic rings. The van der Waals surface area contributed by atoms with Crippen LogP contribution in [0.25, 0.3) is 0 Å². The van der Waals surface area contributed by atoms with Crippen molar-refractivity contribution in [2.45, 2.75) is 186 Å². The summed E-state index contributed by atoms with van der Waals surface area (Å²) in [5.74, 6) is -0.513. The molecule has 4 saturated carbocycles. The third kappa shape index (κ3) is 6.86. The first-order valence-corrected chi connectivity index (χ1v) is 20.4. The topological polar surface area (TPSA) is 219 Å². The Balaban J connectivity index is 1.38. The summed E-state index contributed by atoms with van der Waals surface area (Å²) in [5, 5.41) is 99.6. The van der Waals surface area contributed by atoms with Crippen molar-refractivity contribution in [1.29, 1.82) is 0 Å². The molecule has 0 amide bonds. The fourth-order valence-corrected chi connectivity index (χ4v) is 13.1. The Morgan fingerprint density at radius 2 is 1.52 bits per heavy atom. The van der Waals surface area contributed by atoms with Crippen molar-refractivity contribution in [3.05, 3.63) is 11.6 Å². The van der Waals surface area contributed by atoms with Gasteiger partial charge in [0.2, 0.25) is 0 Å². The van der Waals surface area contributed by atoms with Crippen molar-refractivity contribution in [3.8, 4) is 0 Å². The van der Waals surface area contributed by atoms with E-state index in [0.29, 0.717) is 32.1 Å². The molecule has 6 rings (SSSR count). The van der Waals surface area contributed by atoms with Crippen molar-refractivity contribution in [2.75, 3.05) is 13.2 Å². The Bertz CT molecular complexity index is 1350. The van der Waals surface area contributed by atoms with Crippen molar-refractivity contribution in [1.82, 2.24) is 0 Å². The van der Waals surface area contributed by atoms with E-state index < -0.39 is 107 Å². The largest absolute Gasteiger partial charge is 0.394 e. The van der Waals surface area contributed by atoms with Gasteiger partial charge < -0.3 is 64.9 Å². The van der Waals surface area contributed by atoms with E-state index in [1.54, 1.807) is 0 Å². The fourth-order valence-electron chi connectivity index (χ4n) is 13.1. The van der Waals surface area contributed by atoms with E-state index in [1.807, 2.05) is 20.8 Å². The molecule has 13 heteroatoms. The average molecular weight is 771 g/mol. The lowest BCUT2D eigenvalue weighted by molar-refractivity contribution is -0.377. The van der Waals surface area contributed by atoms with Crippen molar-refractivity contribution < 1.29 is 64.9 Å². The van der Waals surface area contributed by atoms with Crippen molar-refractivity contribution in [2.24, 2.45) is 45.3 Å². The van der Waals surface area contributed by atoms with Crippen LogP contribution >= 0.6 is 0 Å². The van der Waals surface area contributed by atoms with Gasteiger partial charge in [-0.1, -0.05) is 46.3 Å². The van der Waals surface area contributed by atoms with Gasteiger partial charge in [-0.05, 0) is 117 Å². The molecule has 0 radical (unpaired) electrons. The number of allylic oxidation sites excluding steroid dienone is 2. The summed E-state index contributed by atoms with van der Waals surface area (Å²) in [7, 11) is 0. The maximum absolute atomic E-state index is 12.2. The molecule has 0 aromatic carbocycles. The highest BCUT2D eigenvalue weighted by molar-refractivity contribution is 5.22. The van der Waals surface area contributed by atoms with Crippen LogP contribution in [0.2, 0.25) is 0 Å². The van der Waals surface area contributed by atoms with Crippen LogP contribution in [0, 0.1) is 45.3 Å². The van der Waals surface area contributed by atoms with Crippen molar-refractivity contribution in [3.63, 3.8) is 0 Å². The number of aliphatic hydroxyl groups is 9. The molecular weight excluding hydrogens is 700 g/mol. The van der Waals surface area contributed by atoms with E-state index in [-0.39, 0.29) is 30.3 Å². The van der Waals surface area contributed by atoms with Gasteiger partial charge in [-0.25, -0.2) is 0 Å². The molecule has 54 heavy (non-hydrogen) atoms. The zero-order valence-corrected chi connectivity index (χ0v) is 33.5. The Kier molecular flexibility index (Phi) is 12.0. The minimum atomic E-state index is -1.68. The number of fused-ring (bicyclic) bond motifs is 5. The molecule has 9 N–H and O–H groups in total. The molecule has 2 aliphatic heterocycles. The zero-order valence-electron chi connectivity index (χ0n) is 33.5. The standard InChI is InChI=1S/C41H70O13/c1-20(2)10-9-13-41(8,50)21-11-15-39(6)28(21)22(43)16-26-38(5)14-12-27(45)37(3,4)34(38)24(17-40(26,39)7)52-36-33(31(48)30(47)25(18-42)53-36)54-35-32(49)29(46)23(44)19-51-35/h10,21-36,42-50H,9,11-19H2,1-8H3/t21-,22+,23+,24-,25+,26+,27-,28?,29-,30+,31-,32+,33+,34-,35-,36+,38+,39+,40+,41-/m0/s1. The van der Waals surface area contributed by atoms with Crippen LogP contribution in [0.5, 0.6) is 0 Å². The monoisotopic (exact) mass is 770 g/mol. The highest BCUT2D eigenvalue weighted by Crippen LogP contribution is 2.76. The SMILES string of the molecule is CC(C)=CCC[C@](C)(O)[C@H]1CC[C@]2(C)C1[C@H](O)C[C@@H]1[C@@]3(C)CC[C@H](O)C(C)(C)[C@@H]3[C@@H](O[C@@H]3O[C@H](CO)[C@@H](O)[C@H](O)[C@H]3O[C@@H]3OC[C@@H](O)[C@H](O)[C@H]3O)C[C@]12C. The minimum absolute atomic E-state index is 0.0443. The van der Waals surface area contributed by atoms with Gasteiger partial charge >= 0.3 is 0 Å². The molecule has 0 aromatic heterocycles. The molecule has 6 aliphatic rings. The summed E-state index contributed by atoms with van der Waals surface area (Å²) in [6.07, 6.45) is -7.90. The van der Waals surface area contributed by atoms with Gasteiger partial charge in [0.15, 0.2) is 12.6 Å². The second-order valence-electron chi connectivity index (χ2n) is 19.8. The van der Waals surface area contributed by atoms with E-state index in [1.165, 1.54) is 5.57 Å². The number of aliphatic hydroxyl groups excluding tert-OH is 8. The van der Waals surface area contributed by atoms with Crippen LogP contribution in [-0.4, -0.2) is 138 Å². The first-order valence-electron chi connectivity index (χ1n) is 20.4. The van der Waals surface area contributed by atoms with E-state index in [4.69, 9.17) is 18.9 Å². The molecule has 0 spiro atoms. The predicted octanol–water partition coefficient (Wildman–Crippen LogP) is 1.76. The third-order valence-electron chi connectivity index (χ3n) is 16.1. The fraction of sp³-hybridized carbons (Fsp3) is 0.951. The smallest absolute Gasteiger partial charge is 0.187 e. The van der Waals surface area contributed by atoms with Gasteiger partial charge in [0.1, 0.15) is 42.7 Å². The molecular formula is C41H70O13. The van der Waals surface area contributed by atoms with E-state index in [9.17, 15) is 46.0 Å². The summed E-state index contributed by atoms with van der Waals surface area (Å²) < 4.78 is 24.8. The van der Waals surface area contributed by atoms with Gasteiger partial charge in [0.05, 0.1) is 37.1 Å². The summed E-state index contributed by atoms with van der Waals surface area (Å²) >= 11 is 0. The number of ether oxygens (including phenoxy) is 4. The third-order valence-corrected chi connectivity index (χ3v) is 16.1. The molecule has 6 fully saturated rings. The molecule has 4 aliphatic carbocycles. The Labute approximate surface area is 320 Å². The van der Waals surface area contributed by atoms with E-state index in [2.05, 4.69) is 40.7 Å².